The summed E-state index contributed by atoms with van der Waals surface area (Å²) in [6, 6.07) is 18.7. The van der Waals surface area contributed by atoms with E-state index in [4.69, 9.17) is 14.2 Å². The molecule has 6 nitrogen and oxygen atoms in total. The number of halogens is 3. The van der Waals surface area contributed by atoms with Crippen molar-refractivity contribution in [3.8, 4) is 17.2 Å². The van der Waals surface area contributed by atoms with Crippen molar-refractivity contribution in [2.75, 3.05) is 19.5 Å². The molecule has 0 saturated heterocycles. The lowest BCUT2D eigenvalue weighted by atomic mass is 10.1. The molecule has 0 bridgehead atoms. The Kier molecular flexibility index (Phi) is 6.21. The summed E-state index contributed by atoms with van der Waals surface area (Å²) in [5.41, 5.74) is 0.408. The fourth-order valence-corrected chi connectivity index (χ4v) is 3.22. The van der Waals surface area contributed by atoms with Crippen LogP contribution in [0, 0.1) is 0 Å². The minimum Gasteiger partial charge on any atom is -0.497 e. The van der Waals surface area contributed by atoms with Gasteiger partial charge in [0.15, 0.2) is 17.2 Å². The smallest absolute Gasteiger partial charge is 0.434 e. The van der Waals surface area contributed by atoms with E-state index in [9.17, 15) is 13.2 Å². The fraction of sp³-hybridized carbons (Fsp3) is 0.167. The third kappa shape index (κ3) is 5.08. The SMILES string of the molecule is COc1ccc(Nc2nc(C(F)(F)F)c3cc(OC)c(OCc4ccccc4)cc3n2)cc1. The highest BCUT2D eigenvalue weighted by molar-refractivity contribution is 5.86. The molecule has 33 heavy (non-hydrogen) atoms. The molecule has 0 aliphatic carbocycles. The second-order valence-corrected chi connectivity index (χ2v) is 7.04. The number of nitrogens with one attached hydrogen (secondary N) is 1. The first-order valence-electron chi connectivity index (χ1n) is 9.92. The second-order valence-electron chi connectivity index (χ2n) is 7.04. The molecule has 0 saturated carbocycles. The minimum absolute atomic E-state index is 0.0669. The third-order valence-electron chi connectivity index (χ3n) is 4.83. The maximum Gasteiger partial charge on any atom is 0.434 e. The molecular weight excluding hydrogens is 435 g/mol. The molecule has 0 aliphatic rings. The number of ether oxygens (including phenoxy) is 3. The van der Waals surface area contributed by atoms with E-state index in [1.54, 1.807) is 24.3 Å². The molecule has 0 amide bonds. The summed E-state index contributed by atoms with van der Waals surface area (Å²) in [5.74, 6) is 0.849. The van der Waals surface area contributed by atoms with Crippen molar-refractivity contribution in [2.24, 2.45) is 0 Å². The van der Waals surface area contributed by atoms with Crippen molar-refractivity contribution in [3.05, 3.63) is 78.0 Å². The summed E-state index contributed by atoms with van der Waals surface area (Å²) in [4.78, 5) is 8.02. The highest BCUT2D eigenvalue weighted by Crippen LogP contribution is 2.39. The van der Waals surface area contributed by atoms with Crippen molar-refractivity contribution in [1.82, 2.24) is 9.97 Å². The first-order valence-corrected chi connectivity index (χ1v) is 9.92. The Morgan fingerprint density at radius 2 is 1.58 bits per heavy atom. The van der Waals surface area contributed by atoms with E-state index in [-0.39, 0.29) is 35.0 Å². The highest BCUT2D eigenvalue weighted by atomic mass is 19.4. The maximum absolute atomic E-state index is 13.8. The molecule has 0 atom stereocenters. The molecule has 1 aromatic heterocycles. The quantitative estimate of drug-likeness (QED) is 0.369. The zero-order chi connectivity index (χ0) is 23.4. The molecule has 9 heteroatoms. The minimum atomic E-state index is -4.70. The lowest BCUT2D eigenvalue weighted by Crippen LogP contribution is -2.12. The lowest BCUT2D eigenvalue weighted by molar-refractivity contribution is -0.139. The van der Waals surface area contributed by atoms with Crippen molar-refractivity contribution in [3.63, 3.8) is 0 Å². The molecular formula is C24H20F3N3O3. The first-order chi connectivity index (χ1) is 15.9. The molecule has 170 valence electrons. The van der Waals surface area contributed by atoms with Gasteiger partial charge in [-0.2, -0.15) is 13.2 Å². The summed E-state index contributed by atoms with van der Waals surface area (Å²) in [6.45, 7) is 0.219. The summed E-state index contributed by atoms with van der Waals surface area (Å²) in [6.07, 6.45) is -4.70. The van der Waals surface area contributed by atoms with Crippen molar-refractivity contribution < 1.29 is 27.4 Å². The van der Waals surface area contributed by atoms with Crippen molar-refractivity contribution in [1.29, 1.82) is 0 Å². The van der Waals surface area contributed by atoms with E-state index < -0.39 is 11.9 Å². The Morgan fingerprint density at radius 1 is 0.848 bits per heavy atom. The van der Waals surface area contributed by atoms with Gasteiger partial charge in [-0.3, -0.25) is 0 Å². The number of fused-ring (bicyclic) bond motifs is 1. The van der Waals surface area contributed by atoms with Crippen LogP contribution in [0.3, 0.4) is 0 Å². The first kappa shape index (κ1) is 22.2. The predicted octanol–water partition coefficient (Wildman–Crippen LogP) is 5.99. The Bertz CT molecular complexity index is 1250. The van der Waals surface area contributed by atoms with Crippen molar-refractivity contribution in [2.45, 2.75) is 12.8 Å². The van der Waals surface area contributed by atoms with Gasteiger partial charge in [0.05, 0.1) is 19.7 Å². The van der Waals surface area contributed by atoms with Gasteiger partial charge in [-0.1, -0.05) is 30.3 Å². The average molecular weight is 455 g/mol. The lowest BCUT2D eigenvalue weighted by Gasteiger charge is -2.16. The summed E-state index contributed by atoms with van der Waals surface area (Å²) in [7, 11) is 2.89. The van der Waals surface area contributed by atoms with Crippen molar-refractivity contribution >= 4 is 22.5 Å². The van der Waals surface area contributed by atoms with Gasteiger partial charge in [-0.15, -0.1) is 0 Å². The number of methoxy groups -OCH3 is 2. The molecule has 4 aromatic rings. The maximum atomic E-state index is 13.8. The van der Waals surface area contributed by atoms with Gasteiger partial charge >= 0.3 is 6.18 Å². The second kappa shape index (κ2) is 9.23. The van der Waals surface area contributed by atoms with Crippen LogP contribution < -0.4 is 19.5 Å². The Morgan fingerprint density at radius 3 is 2.21 bits per heavy atom. The van der Waals surface area contributed by atoms with E-state index in [1.807, 2.05) is 30.3 Å². The van der Waals surface area contributed by atoms with Gasteiger partial charge < -0.3 is 19.5 Å². The average Bonchev–Trinajstić information content (AvgIpc) is 2.82. The van der Waals surface area contributed by atoms with Gasteiger partial charge in [0.2, 0.25) is 5.95 Å². The summed E-state index contributed by atoms with van der Waals surface area (Å²) >= 11 is 0. The summed E-state index contributed by atoms with van der Waals surface area (Å²) < 4.78 is 57.7. The molecule has 0 radical (unpaired) electrons. The molecule has 0 fully saturated rings. The monoisotopic (exact) mass is 455 g/mol. The fourth-order valence-electron chi connectivity index (χ4n) is 3.22. The van der Waals surface area contributed by atoms with Gasteiger partial charge in [0, 0.05) is 17.1 Å². The largest absolute Gasteiger partial charge is 0.497 e. The third-order valence-corrected chi connectivity index (χ3v) is 4.83. The van der Waals surface area contributed by atoms with E-state index in [2.05, 4.69) is 15.3 Å². The molecule has 1 N–H and O–H groups in total. The number of alkyl halides is 3. The van der Waals surface area contributed by atoms with Crippen LogP contribution in [0.25, 0.3) is 10.9 Å². The molecule has 0 aliphatic heterocycles. The standard InChI is InChI=1S/C24H20F3N3O3/c1-31-17-10-8-16(9-11-17)28-23-29-19-13-21(33-14-15-6-4-3-5-7-15)20(32-2)12-18(19)22(30-23)24(25,26)27/h3-13H,14H2,1-2H3,(H,28,29,30). The zero-order valence-electron chi connectivity index (χ0n) is 17.8. The van der Waals surface area contributed by atoms with Crippen LogP contribution in [-0.4, -0.2) is 24.2 Å². The van der Waals surface area contributed by atoms with Gasteiger partial charge in [0.1, 0.15) is 12.4 Å². The number of hydrogen-bond acceptors (Lipinski definition) is 6. The van der Waals surface area contributed by atoms with Crippen LogP contribution in [0.1, 0.15) is 11.3 Å². The van der Waals surface area contributed by atoms with E-state index >= 15 is 0 Å². The number of benzene rings is 3. The van der Waals surface area contributed by atoms with Crippen LogP contribution in [0.15, 0.2) is 66.7 Å². The topological polar surface area (TPSA) is 65.5 Å². The number of anilines is 2. The predicted molar refractivity (Wildman–Crippen MR) is 118 cm³/mol. The van der Waals surface area contributed by atoms with E-state index in [1.165, 1.54) is 26.4 Å². The Balaban J connectivity index is 1.74. The molecule has 1 heterocycles. The van der Waals surface area contributed by atoms with Crippen LogP contribution in [0.4, 0.5) is 24.8 Å². The van der Waals surface area contributed by atoms with E-state index in [0.717, 1.165) is 5.56 Å². The highest BCUT2D eigenvalue weighted by Gasteiger charge is 2.36. The number of rotatable bonds is 7. The number of aromatic nitrogens is 2. The van der Waals surface area contributed by atoms with Gasteiger partial charge in [-0.25, -0.2) is 9.97 Å². The van der Waals surface area contributed by atoms with Crippen LogP contribution in [0.5, 0.6) is 17.2 Å². The normalized spacial score (nSPS) is 11.3. The zero-order valence-corrected chi connectivity index (χ0v) is 17.8. The molecule has 3 aromatic carbocycles. The Hall–Kier alpha value is -4.01. The summed E-state index contributed by atoms with van der Waals surface area (Å²) in [5, 5.41) is 2.63. The number of nitrogens with zero attached hydrogens (tertiary/aromatic N) is 2. The van der Waals surface area contributed by atoms with Gasteiger partial charge in [-0.05, 0) is 35.9 Å². The number of hydrogen-bond donors (Lipinski definition) is 1. The molecule has 4 rings (SSSR count). The van der Waals surface area contributed by atoms with Crippen LogP contribution >= 0.6 is 0 Å². The van der Waals surface area contributed by atoms with Gasteiger partial charge in [0.25, 0.3) is 0 Å². The van der Waals surface area contributed by atoms with Crippen LogP contribution in [-0.2, 0) is 12.8 Å². The van der Waals surface area contributed by atoms with E-state index in [0.29, 0.717) is 11.4 Å². The van der Waals surface area contributed by atoms with Crippen LogP contribution in [0.2, 0.25) is 0 Å². The molecule has 0 spiro atoms. The molecule has 0 unspecified atom stereocenters. The Labute approximate surface area is 188 Å².